The van der Waals surface area contributed by atoms with Crippen molar-refractivity contribution in [3.63, 3.8) is 0 Å². The van der Waals surface area contributed by atoms with Crippen molar-refractivity contribution in [3.8, 4) is 16.9 Å². The van der Waals surface area contributed by atoms with Gasteiger partial charge in [0, 0.05) is 16.5 Å². The number of hydrogen-bond acceptors (Lipinski definition) is 5. The van der Waals surface area contributed by atoms with Crippen molar-refractivity contribution in [1.29, 1.82) is 0 Å². The first-order valence-electron chi connectivity index (χ1n) is 8.25. The molecule has 0 atom stereocenters. The molecule has 0 bridgehead atoms. The van der Waals surface area contributed by atoms with E-state index in [1.807, 2.05) is 48.7 Å². The van der Waals surface area contributed by atoms with E-state index in [9.17, 15) is 9.59 Å². The first kappa shape index (κ1) is 18.7. The van der Waals surface area contributed by atoms with Gasteiger partial charge in [-0.05, 0) is 36.8 Å². The van der Waals surface area contributed by atoms with E-state index >= 15 is 0 Å². The lowest BCUT2D eigenvalue weighted by molar-refractivity contribution is 0.0603. The van der Waals surface area contributed by atoms with Gasteiger partial charge in [-0.15, -0.1) is 11.3 Å². The summed E-state index contributed by atoms with van der Waals surface area (Å²) >= 11 is 1.29. The fourth-order valence-corrected chi connectivity index (χ4v) is 3.57. The molecule has 5 nitrogen and oxygen atoms in total. The number of carbonyl (C=O) groups excluding carboxylic acids is 2. The Balaban J connectivity index is 1.95. The highest BCUT2D eigenvalue weighted by atomic mass is 32.1. The predicted molar refractivity (Wildman–Crippen MR) is 107 cm³/mol. The summed E-state index contributed by atoms with van der Waals surface area (Å²) in [5.41, 5.74) is 3.47. The van der Waals surface area contributed by atoms with Crippen LogP contribution in [-0.4, -0.2) is 26.1 Å². The molecule has 27 heavy (non-hydrogen) atoms. The number of hydrogen-bond donors (Lipinski definition) is 1. The normalized spacial score (nSPS) is 10.3. The summed E-state index contributed by atoms with van der Waals surface area (Å²) in [6.07, 6.45) is 0. The summed E-state index contributed by atoms with van der Waals surface area (Å²) in [5.74, 6) is -0.0500. The van der Waals surface area contributed by atoms with Crippen molar-refractivity contribution in [3.05, 3.63) is 70.6 Å². The van der Waals surface area contributed by atoms with Crippen LogP contribution in [0.3, 0.4) is 0 Å². The average Bonchev–Trinajstić information content (AvgIpc) is 3.11. The van der Waals surface area contributed by atoms with Gasteiger partial charge >= 0.3 is 5.97 Å². The molecule has 3 rings (SSSR count). The molecular weight excluding hydrogens is 362 g/mol. The molecule has 0 unspecified atom stereocenters. The quantitative estimate of drug-likeness (QED) is 0.647. The van der Waals surface area contributed by atoms with Gasteiger partial charge < -0.3 is 14.8 Å². The lowest BCUT2D eigenvalue weighted by Crippen LogP contribution is -2.14. The molecule has 0 spiro atoms. The molecular formula is C21H19NO4S. The molecule has 6 heteroatoms. The number of thiophene rings is 1. The van der Waals surface area contributed by atoms with Gasteiger partial charge in [-0.25, -0.2) is 4.79 Å². The number of carbonyl (C=O) groups is 2. The molecule has 0 saturated carbocycles. The van der Waals surface area contributed by atoms with Crippen molar-refractivity contribution in [1.82, 2.24) is 0 Å². The molecule has 0 fully saturated rings. The lowest BCUT2D eigenvalue weighted by atomic mass is 10.0. The Morgan fingerprint density at radius 2 is 1.63 bits per heavy atom. The van der Waals surface area contributed by atoms with Crippen molar-refractivity contribution in [2.75, 3.05) is 19.5 Å². The number of anilines is 1. The van der Waals surface area contributed by atoms with Gasteiger partial charge in [0.05, 0.1) is 14.2 Å². The zero-order valence-corrected chi connectivity index (χ0v) is 16.1. The fraction of sp³-hybridized carbons (Fsp3) is 0.143. The Morgan fingerprint density at radius 3 is 2.22 bits per heavy atom. The van der Waals surface area contributed by atoms with Crippen molar-refractivity contribution in [2.24, 2.45) is 0 Å². The molecule has 138 valence electrons. The smallest absolute Gasteiger partial charge is 0.341 e. The minimum absolute atomic E-state index is 0.275. The van der Waals surface area contributed by atoms with E-state index in [1.165, 1.54) is 18.4 Å². The number of rotatable bonds is 5. The van der Waals surface area contributed by atoms with Crippen LogP contribution in [0.25, 0.3) is 11.1 Å². The van der Waals surface area contributed by atoms with E-state index in [0.29, 0.717) is 21.7 Å². The summed E-state index contributed by atoms with van der Waals surface area (Å²) in [7, 11) is 2.92. The van der Waals surface area contributed by atoms with Gasteiger partial charge in [-0.1, -0.05) is 29.8 Å². The number of methoxy groups -OCH3 is 2. The summed E-state index contributed by atoms with van der Waals surface area (Å²) in [6.45, 7) is 1.96. The zero-order chi connectivity index (χ0) is 19.4. The molecule has 0 aliphatic carbocycles. The Morgan fingerprint density at radius 1 is 0.963 bits per heavy atom. The van der Waals surface area contributed by atoms with E-state index in [0.717, 1.165) is 16.9 Å². The van der Waals surface area contributed by atoms with E-state index in [-0.39, 0.29) is 5.91 Å². The van der Waals surface area contributed by atoms with Crippen molar-refractivity contribution in [2.45, 2.75) is 6.92 Å². The van der Waals surface area contributed by atoms with Gasteiger partial charge in [-0.2, -0.15) is 0 Å². The van der Waals surface area contributed by atoms with Crippen LogP contribution in [0, 0.1) is 6.92 Å². The van der Waals surface area contributed by atoms with Gasteiger partial charge in [0.1, 0.15) is 16.3 Å². The molecule has 1 N–H and O–H groups in total. The van der Waals surface area contributed by atoms with Gasteiger partial charge in [0.25, 0.3) is 5.91 Å². The minimum Gasteiger partial charge on any atom is -0.497 e. The number of nitrogens with one attached hydrogen (secondary N) is 1. The van der Waals surface area contributed by atoms with E-state index in [2.05, 4.69) is 5.32 Å². The van der Waals surface area contributed by atoms with E-state index in [4.69, 9.17) is 9.47 Å². The number of aryl methyl sites for hydroxylation is 1. The first-order valence-corrected chi connectivity index (χ1v) is 9.13. The monoisotopic (exact) mass is 381 g/mol. The molecule has 2 aromatic carbocycles. The molecule has 0 radical (unpaired) electrons. The molecule has 1 aromatic heterocycles. The van der Waals surface area contributed by atoms with Crippen LogP contribution in [0.5, 0.6) is 5.75 Å². The zero-order valence-electron chi connectivity index (χ0n) is 15.2. The lowest BCUT2D eigenvalue weighted by Gasteiger charge is -2.08. The van der Waals surface area contributed by atoms with Crippen molar-refractivity contribution < 1.29 is 19.1 Å². The Hall–Kier alpha value is -3.12. The summed E-state index contributed by atoms with van der Waals surface area (Å²) in [6, 6.07) is 14.6. The van der Waals surface area contributed by atoms with Crippen LogP contribution in [0.2, 0.25) is 0 Å². The Bertz CT molecular complexity index is 959. The maximum Gasteiger partial charge on any atom is 0.341 e. The molecule has 0 aliphatic rings. The second-order valence-corrected chi connectivity index (χ2v) is 6.77. The highest BCUT2D eigenvalue weighted by Gasteiger charge is 2.22. The number of ether oxygens (including phenoxy) is 2. The van der Waals surface area contributed by atoms with Crippen LogP contribution < -0.4 is 10.1 Å². The fourth-order valence-electron chi connectivity index (χ4n) is 2.62. The maximum absolute atomic E-state index is 12.5. The second-order valence-electron chi connectivity index (χ2n) is 5.89. The van der Waals surface area contributed by atoms with E-state index < -0.39 is 5.97 Å². The standard InChI is InChI=1S/C21H19NO4S/c1-13-4-6-15(7-5-13)19(23)22-20-18(21(24)26-3)17(12-27-20)14-8-10-16(25-2)11-9-14/h4-12H,1-3H3,(H,22,23). The van der Waals surface area contributed by atoms with Crippen LogP contribution in [-0.2, 0) is 4.74 Å². The van der Waals surface area contributed by atoms with Crippen LogP contribution >= 0.6 is 11.3 Å². The Kier molecular flexibility index (Phi) is 5.57. The topological polar surface area (TPSA) is 64.6 Å². The average molecular weight is 381 g/mol. The first-order chi connectivity index (χ1) is 13.0. The number of benzene rings is 2. The van der Waals surface area contributed by atoms with E-state index in [1.54, 1.807) is 19.2 Å². The molecule has 1 amide bonds. The largest absolute Gasteiger partial charge is 0.497 e. The maximum atomic E-state index is 12.5. The summed E-state index contributed by atoms with van der Waals surface area (Å²) in [4.78, 5) is 24.9. The Labute approximate surface area is 161 Å². The summed E-state index contributed by atoms with van der Waals surface area (Å²) in [5, 5.41) is 5.12. The SMILES string of the molecule is COC(=O)c1c(-c2ccc(OC)cc2)csc1NC(=O)c1ccc(C)cc1. The molecule has 0 aliphatic heterocycles. The highest BCUT2D eigenvalue weighted by Crippen LogP contribution is 2.37. The molecule has 3 aromatic rings. The van der Waals surface area contributed by atoms with Crippen LogP contribution in [0.1, 0.15) is 26.3 Å². The second kappa shape index (κ2) is 8.05. The van der Waals surface area contributed by atoms with Gasteiger partial charge in [-0.3, -0.25) is 4.79 Å². The predicted octanol–water partition coefficient (Wildman–Crippen LogP) is 4.77. The van der Waals surface area contributed by atoms with Gasteiger partial charge in [0.15, 0.2) is 0 Å². The van der Waals surface area contributed by atoms with Crippen LogP contribution in [0.4, 0.5) is 5.00 Å². The third kappa shape index (κ3) is 4.01. The number of esters is 1. The summed E-state index contributed by atoms with van der Waals surface area (Å²) < 4.78 is 10.1. The van der Waals surface area contributed by atoms with Crippen LogP contribution in [0.15, 0.2) is 53.9 Å². The third-order valence-electron chi connectivity index (χ3n) is 4.12. The molecule has 0 saturated heterocycles. The third-order valence-corrected chi connectivity index (χ3v) is 5.02. The minimum atomic E-state index is -0.499. The number of amides is 1. The highest BCUT2D eigenvalue weighted by molar-refractivity contribution is 7.15. The molecule has 1 heterocycles. The van der Waals surface area contributed by atoms with Crippen molar-refractivity contribution >= 4 is 28.2 Å². The van der Waals surface area contributed by atoms with Gasteiger partial charge in [0.2, 0.25) is 0 Å².